The molecule has 0 spiro atoms. The Kier molecular flexibility index (Phi) is 7.64. The third-order valence-corrected chi connectivity index (χ3v) is 7.73. The van der Waals surface area contributed by atoms with Gasteiger partial charge in [-0.1, -0.05) is 12.1 Å². The molecular weight excluding hydrogens is 504 g/mol. The average Bonchev–Trinajstić information content (AvgIpc) is 3.36. The van der Waals surface area contributed by atoms with Crippen molar-refractivity contribution in [3.8, 4) is 11.6 Å². The molecular formula is C27H30N6O4S. The molecule has 5 rings (SSSR count). The lowest BCUT2D eigenvalue weighted by atomic mass is 9.82. The zero-order chi connectivity index (χ0) is 26.5. The van der Waals surface area contributed by atoms with Crippen LogP contribution in [0.5, 0.6) is 5.75 Å². The van der Waals surface area contributed by atoms with Crippen LogP contribution in [-0.2, 0) is 9.84 Å². The second-order valence-corrected chi connectivity index (χ2v) is 11.8. The molecule has 0 radical (unpaired) electrons. The molecule has 0 amide bonds. The lowest BCUT2D eigenvalue weighted by Gasteiger charge is -2.28. The second-order valence-electron chi connectivity index (χ2n) is 9.59. The Bertz CT molecular complexity index is 1520. The molecule has 1 fully saturated rings. The zero-order valence-electron chi connectivity index (χ0n) is 21.2. The number of carbonyl (C=O) groups is 1. The van der Waals surface area contributed by atoms with Crippen molar-refractivity contribution in [2.45, 2.75) is 38.1 Å². The molecule has 0 unspecified atom stereocenters. The van der Waals surface area contributed by atoms with Crippen LogP contribution in [0.1, 0.15) is 42.6 Å². The van der Waals surface area contributed by atoms with Gasteiger partial charge in [0.2, 0.25) is 5.95 Å². The Morgan fingerprint density at radius 3 is 2.66 bits per heavy atom. The lowest BCUT2D eigenvalue weighted by molar-refractivity contribution is 0.0881. The van der Waals surface area contributed by atoms with E-state index in [-0.39, 0.29) is 23.5 Å². The van der Waals surface area contributed by atoms with Gasteiger partial charge in [0.05, 0.1) is 29.5 Å². The van der Waals surface area contributed by atoms with Gasteiger partial charge in [0.25, 0.3) is 0 Å². The summed E-state index contributed by atoms with van der Waals surface area (Å²) in [4.78, 5) is 26.0. The summed E-state index contributed by atoms with van der Waals surface area (Å²) in [6.45, 7) is 0.300. The Balaban J connectivity index is 1.23. The summed E-state index contributed by atoms with van der Waals surface area (Å²) in [5.41, 5.74) is 1.36. The van der Waals surface area contributed by atoms with Gasteiger partial charge < -0.3 is 10.1 Å². The maximum absolute atomic E-state index is 12.7. The number of Topliss-reactive ketones (excluding diaryl/α,β-unsaturated/α-hetero) is 1. The van der Waals surface area contributed by atoms with E-state index in [1.54, 1.807) is 35.4 Å². The van der Waals surface area contributed by atoms with Gasteiger partial charge in [0.15, 0.2) is 11.6 Å². The van der Waals surface area contributed by atoms with Crippen LogP contribution in [0.25, 0.3) is 16.7 Å². The number of aromatic nitrogens is 5. The summed E-state index contributed by atoms with van der Waals surface area (Å²) in [6, 6.07) is 13.1. The topological polar surface area (TPSA) is 129 Å². The molecule has 0 aliphatic heterocycles. The maximum atomic E-state index is 12.7. The molecule has 1 saturated carbocycles. The number of nitrogens with zero attached hydrogens (tertiary/aromatic N) is 5. The minimum Gasteiger partial charge on any atom is -0.493 e. The van der Waals surface area contributed by atoms with E-state index in [4.69, 9.17) is 4.74 Å². The number of anilines is 1. The fourth-order valence-electron chi connectivity index (χ4n) is 4.77. The van der Waals surface area contributed by atoms with Gasteiger partial charge in [-0.2, -0.15) is 10.1 Å². The van der Waals surface area contributed by atoms with Gasteiger partial charge in [-0.15, -0.1) is 0 Å². The predicted octanol–water partition coefficient (Wildman–Crippen LogP) is 3.88. The standard InChI is InChI=1S/C27H30N6O4S/c1-38(35,36)17-5-16-37-24-8-4-7-23-21(24)18-30-33(23)25-13-15-29-27(32-25)31-20-11-9-19(10-12-20)26(34)22-6-2-3-14-28-22/h2-4,6-8,13-15,18-20H,5,9-12,16-17H2,1H3,(H,29,31,32)/t19-,20-. The highest BCUT2D eigenvalue weighted by Crippen LogP contribution is 2.29. The molecule has 3 heterocycles. The first-order valence-electron chi connectivity index (χ1n) is 12.7. The van der Waals surface area contributed by atoms with E-state index in [2.05, 4.69) is 25.4 Å². The van der Waals surface area contributed by atoms with E-state index in [0.29, 0.717) is 36.2 Å². The molecule has 10 nitrogen and oxygen atoms in total. The van der Waals surface area contributed by atoms with E-state index in [9.17, 15) is 13.2 Å². The summed E-state index contributed by atoms with van der Waals surface area (Å²) in [5.74, 6) is 1.97. The minimum absolute atomic E-state index is 0.00608. The van der Waals surface area contributed by atoms with Crippen LogP contribution in [0.3, 0.4) is 0 Å². The van der Waals surface area contributed by atoms with E-state index in [1.165, 1.54) is 6.26 Å². The number of sulfone groups is 1. The number of rotatable bonds is 10. The first-order chi connectivity index (χ1) is 18.4. The van der Waals surface area contributed by atoms with Crippen LogP contribution >= 0.6 is 0 Å². The average molecular weight is 535 g/mol. The molecule has 0 saturated heterocycles. The monoisotopic (exact) mass is 534 g/mol. The van der Waals surface area contributed by atoms with Crippen molar-refractivity contribution in [1.29, 1.82) is 0 Å². The summed E-state index contributed by atoms with van der Waals surface area (Å²) in [5, 5.41) is 8.76. The van der Waals surface area contributed by atoms with Gasteiger partial charge in [-0.25, -0.2) is 18.1 Å². The molecule has 1 aromatic carbocycles. The summed E-state index contributed by atoms with van der Waals surface area (Å²) in [7, 11) is -3.02. The van der Waals surface area contributed by atoms with Crippen LogP contribution < -0.4 is 10.1 Å². The summed E-state index contributed by atoms with van der Waals surface area (Å²) in [6.07, 6.45) is 10.00. The van der Waals surface area contributed by atoms with Crippen LogP contribution in [0.15, 0.2) is 61.1 Å². The van der Waals surface area contributed by atoms with Gasteiger partial charge in [-0.3, -0.25) is 9.78 Å². The fourth-order valence-corrected chi connectivity index (χ4v) is 5.42. The Morgan fingerprint density at radius 2 is 1.89 bits per heavy atom. The normalized spacial score (nSPS) is 17.8. The number of pyridine rings is 1. The lowest BCUT2D eigenvalue weighted by Crippen LogP contribution is -2.30. The van der Waals surface area contributed by atoms with E-state index in [0.717, 1.165) is 36.6 Å². The van der Waals surface area contributed by atoms with E-state index >= 15 is 0 Å². The number of ketones is 1. The van der Waals surface area contributed by atoms with Crippen molar-refractivity contribution in [3.63, 3.8) is 0 Å². The van der Waals surface area contributed by atoms with Crippen molar-refractivity contribution in [1.82, 2.24) is 24.7 Å². The third-order valence-electron chi connectivity index (χ3n) is 6.70. The number of hydrogen-bond donors (Lipinski definition) is 1. The molecule has 4 aromatic rings. The zero-order valence-corrected chi connectivity index (χ0v) is 22.0. The van der Waals surface area contributed by atoms with Crippen LogP contribution in [0.2, 0.25) is 0 Å². The van der Waals surface area contributed by atoms with Gasteiger partial charge in [0, 0.05) is 36.7 Å². The van der Waals surface area contributed by atoms with E-state index in [1.807, 2.05) is 30.3 Å². The van der Waals surface area contributed by atoms with Gasteiger partial charge in [-0.05, 0) is 56.4 Å². The molecule has 0 atom stereocenters. The molecule has 1 aliphatic rings. The van der Waals surface area contributed by atoms with Gasteiger partial charge in [0.1, 0.15) is 21.3 Å². The number of ether oxygens (including phenoxy) is 1. The summed E-state index contributed by atoms with van der Waals surface area (Å²) >= 11 is 0. The number of benzene rings is 1. The minimum atomic E-state index is -3.02. The van der Waals surface area contributed by atoms with Crippen LogP contribution in [0, 0.1) is 5.92 Å². The summed E-state index contributed by atoms with van der Waals surface area (Å²) < 4.78 is 30.3. The van der Waals surface area contributed by atoms with Crippen LogP contribution in [-0.4, -0.2) is 63.6 Å². The Hall–Kier alpha value is -3.86. The molecule has 1 aliphatic carbocycles. The molecule has 1 N–H and O–H groups in total. The molecule has 11 heteroatoms. The molecule has 0 bridgehead atoms. The SMILES string of the molecule is CS(=O)(=O)CCCOc1cccc2c1cnn2-c1ccnc(N[C@H]2CC[C@H](C(=O)c3ccccn3)CC2)n1. The Labute approximate surface area is 221 Å². The highest BCUT2D eigenvalue weighted by molar-refractivity contribution is 7.90. The molecule has 198 valence electrons. The smallest absolute Gasteiger partial charge is 0.224 e. The van der Waals surface area contributed by atoms with Crippen molar-refractivity contribution in [2.24, 2.45) is 5.92 Å². The highest BCUT2D eigenvalue weighted by Gasteiger charge is 2.28. The number of hydrogen-bond acceptors (Lipinski definition) is 9. The quantitative estimate of drug-likeness (QED) is 0.238. The largest absolute Gasteiger partial charge is 0.493 e. The first kappa shape index (κ1) is 25.8. The second kappa shape index (κ2) is 11.3. The first-order valence-corrected chi connectivity index (χ1v) is 14.8. The van der Waals surface area contributed by atoms with Crippen molar-refractivity contribution < 1.29 is 17.9 Å². The van der Waals surface area contributed by atoms with Crippen molar-refractivity contribution >= 4 is 32.5 Å². The predicted molar refractivity (Wildman–Crippen MR) is 144 cm³/mol. The maximum Gasteiger partial charge on any atom is 0.224 e. The fraction of sp³-hybridized carbons (Fsp3) is 0.370. The van der Waals surface area contributed by atoms with Crippen LogP contribution in [0.4, 0.5) is 5.95 Å². The highest BCUT2D eigenvalue weighted by atomic mass is 32.2. The van der Waals surface area contributed by atoms with Gasteiger partial charge >= 0.3 is 0 Å². The molecule has 3 aromatic heterocycles. The number of fused-ring (bicyclic) bond motifs is 1. The Morgan fingerprint density at radius 1 is 1.05 bits per heavy atom. The van der Waals surface area contributed by atoms with Crippen molar-refractivity contribution in [3.05, 3.63) is 66.7 Å². The third kappa shape index (κ3) is 6.16. The number of nitrogens with one attached hydrogen (secondary N) is 1. The van der Waals surface area contributed by atoms with Crippen molar-refractivity contribution in [2.75, 3.05) is 23.9 Å². The van der Waals surface area contributed by atoms with E-state index < -0.39 is 9.84 Å². The molecule has 38 heavy (non-hydrogen) atoms. The number of carbonyl (C=O) groups excluding carboxylic acids is 1.